The van der Waals surface area contributed by atoms with E-state index in [0.29, 0.717) is 19.1 Å². The van der Waals surface area contributed by atoms with Gasteiger partial charge in [-0.3, -0.25) is 0 Å². The van der Waals surface area contributed by atoms with Crippen LogP contribution in [0, 0.1) is 0 Å². The Hall–Kier alpha value is 0.0600. The van der Waals surface area contributed by atoms with Gasteiger partial charge in [-0.05, 0) is 19.2 Å². The first-order chi connectivity index (χ1) is 6.99. The molecule has 1 unspecified atom stereocenters. The van der Waals surface area contributed by atoms with Crippen molar-refractivity contribution >= 4 is 11.8 Å². The minimum atomic E-state index is -4.10. The fourth-order valence-electron chi connectivity index (χ4n) is 1.54. The zero-order valence-electron chi connectivity index (χ0n) is 8.81. The number of rotatable bonds is 5. The Morgan fingerprint density at radius 2 is 2.20 bits per heavy atom. The molecule has 1 aliphatic rings. The first-order valence-electron chi connectivity index (χ1n) is 5.04. The van der Waals surface area contributed by atoms with Gasteiger partial charge >= 0.3 is 6.18 Å². The zero-order valence-corrected chi connectivity index (χ0v) is 9.63. The SMILES string of the molecule is CN(CCNCC(F)(F)F)C1CCSC1. The molecule has 0 aromatic heterocycles. The van der Waals surface area contributed by atoms with Crippen LogP contribution in [-0.2, 0) is 0 Å². The van der Waals surface area contributed by atoms with Crippen molar-refractivity contribution in [2.24, 2.45) is 0 Å². The monoisotopic (exact) mass is 242 g/mol. The van der Waals surface area contributed by atoms with E-state index >= 15 is 0 Å². The van der Waals surface area contributed by atoms with Crippen LogP contribution in [-0.4, -0.2) is 55.3 Å². The molecule has 1 saturated heterocycles. The van der Waals surface area contributed by atoms with Crippen LogP contribution in [0.4, 0.5) is 13.2 Å². The highest BCUT2D eigenvalue weighted by atomic mass is 32.2. The summed E-state index contributed by atoms with van der Waals surface area (Å²) < 4.78 is 35.4. The van der Waals surface area contributed by atoms with Crippen molar-refractivity contribution in [2.45, 2.75) is 18.6 Å². The predicted molar refractivity (Wildman–Crippen MR) is 57.3 cm³/mol. The highest BCUT2D eigenvalue weighted by molar-refractivity contribution is 7.99. The summed E-state index contributed by atoms with van der Waals surface area (Å²) in [6, 6.07) is 0.544. The van der Waals surface area contributed by atoms with E-state index in [-0.39, 0.29) is 0 Å². The summed E-state index contributed by atoms with van der Waals surface area (Å²) >= 11 is 1.91. The van der Waals surface area contributed by atoms with Gasteiger partial charge in [-0.1, -0.05) is 0 Å². The lowest BCUT2D eigenvalue weighted by molar-refractivity contribution is -0.124. The van der Waals surface area contributed by atoms with E-state index < -0.39 is 12.7 Å². The quantitative estimate of drug-likeness (QED) is 0.737. The molecule has 6 heteroatoms. The molecule has 1 heterocycles. The van der Waals surface area contributed by atoms with Gasteiger partial charge in [-0.2, -0.15) is 24.9 Å². The lowest BCUT2D eigenvalue weighted by Gasteiger charge is -2.23. The van der Waals surface area contributed by atoms with E-state index in [0.717, 1.165) is 12.2 Å². The molecule has 1 atom stereocenters. The summed E-state index contributed by atoms with van der Waals surface area (Å²) in [7, 11) is 1.98. The fraction of sp³-hybridized carbons (Fsp3) is 1.00. The second-order valence-corrected chi connectivity index (χ2v) is 4.94. The van der Waals surface area contributed by atoms with E-state index in [1.165, 1.54) is 5.75 Å². The van der Waals surface area contributed by atoms with E-state index in [4.69, 9.17) is 0 Å². The fourth-order valence-corrected chi connectivity index (χ4v) is 2.84. The summed E-state index contributed by atoms with van der Waals surface area (Å²) in [4.78, 5) is 2.14. The molecule has 1 N–H and O–H groups in total. The third-order valence-electron chi connectivity index (χ3n) is 2.50. The average Bonchev–Trinajstić information content (AvgIpc) is 2.63. The number of halogens is 3. The maximum Gasteiger partial charge on any atom is 0.401 e. The first-order valence-corrected chi connectivity index (χ1v) is 6.20. The average molecular weight is 242 g/mol. The van der Waals surface area contributed by atoms with Gasteiger partial charge in [-0.25, -0.2) is 0 Å². The normalized spacial score (nSPS) is 22.6. The minimum Gasteiger partial charge on any atom is -0.307 e. The first kappa shape index (κ1) is 13.1. The maximum absolute atomic E-state index is 11.8. The van der Waals surface area contributed by atoms with Crippen LogP contribution in [0.3, 0.4) is 0 Å². The van der Waals surface area contributed by atoms with Crippen LogP contribution in [0.5, 0.6) is 0 Å². The van der Waals surface area contributed by atoms with Crippen molar-refractivity contribution < 1.29 is 13.2 Å². The molecule has 0 saturated carbocycles. The summed E-state index contributed by atoms with van der Waals surface area (Å²) in [6.45, 7) is 0.193. The molecule has 0 bridgehead atoms. The minimum absolute atomic E-state index is 0.400. The highest BCUT2D eigenvalue weighted by Gasteiger charge is 2.26. The number of alkyl halides is 3. The molecule has 0 amide bonds. The molecule has 0 radical (unpaired) electrons. The maximum atomic E-state index is 11.8. The Bertz CT molecular complexity index is 181. The summed E-state index contributed by atoms with van der Waals surface area (Å²) in [5.41, 5.74) is 0. The van der Waals surface area contributed by atoms with E-state index in [9.17, 15) is 13.2 Å². The standard InChI is InChI=1S/C9H17F3N2S/c1-14(8-2-5-15-6-8)4-3-13-7-9(10,11)12/h8,13H,2-7H2,1H3. The molecule has 0 aliphatic carbocycles. The van der Waals surface area contributed by atoms with E-state index in [2.05, 4.69) is 10.2 Å². The van der Waals surface area contributed by atoms with Gasteiger partial charge in [0.2, 0.25) is 0 Å². The summed E-state index contributed by atoms with van der Waals surface area (Å²) in [5.74, 6) is 2.28. The number of thioether (sulfide) groups is 1. The molecule has 1 fully saturated rings. The van der Waals surface area contributed by atoms with Crippen LogP contribution < -0.4 is 5.32 Å². The van der Waals surface area contributed by atoms with Crippen molar-refractivity contribution in [3.05, 3.63) is 0 Å². The smallest absolute Gasteiger partial charge is 0.307 e. The van der Waals surface area contributed by atoms with Gasteiger partial charge in [0.15, 0.2) is 0 Å². The van der Waals surface area contributed by atoms with Crippen molar-refractivity contribution in [2.75, 3.05) is 38.2 Å². The second-order valence-electron chi connectivity index (χ2n) is 3.79. The third-order valence-corrected chi connectivity index (χ3v) is 3.64. The van der Waals surface area contributed by atoms with Gasteiger partial charge in [0.25, 0.3) is 0 Å². The van der Waals surface area contributed by atoms with Crippen LogP contribution in [0.1, 0.15) is 6.42 Å². The molecule has 1 rings (SSSR count). The lowest BCUT2D eigenvalue weighted by Crippen LogP contribution is -2.39. The molecule has 90 valence electrons. The molecule has 0 aromatic carbocycles. The van der Waals surface area contributed by atoms with Gasteiger partial charge in [0, 0.05) is 24.9 Å². The summed E-state index contributed by atoms with van der Waals surface area (Å²) in [6.07, 6.45) is -2.94. The van der Waals surface area contributed by atoms with Crippen molar-refractivity contribution in [1.29, 1.82) is 0 Å². The van der Waals surface area contributed by atoms with E-state index in [1.807, 2.05) is 18.8 Å². The Kier molecular flexibility index (Phi) is 5.22. The van der Waals surface area contributed by atoms with Gasteiger partial charge < -0.3 is 10.2 Å². The van der Waals surface area contributed by atoms with Crippen molar-refractivity contribution in [1.82, 2.24) is 10.2 Å². The number of likely N-dealkylation sites (N-methyl/N-ethyl adjacent to an activating group) is 1. The van der Waals surface area contributed by atoms with Gasteiger partial charge in [-0.15, -0.1) is 0 Å². The number of hydrogen-bond acceptors (Lipinski definition) is 3. The number of nitrogens with one attached hydrogen (secondary N) is 1. The molecule has 0 spiro atoms. The zero-order chi connectivity index (χ0) is 11.3. The number of hydrogen-bond donors (Lipinski definition) is 1. The van der Waals surface area contributed by atoms with Gasteiger partial charge in [0.1, 0.15) is 0 Å². The van der Waals surface area contributed by atoms with Crippen molar-refractivity contribution in [3.63, 3.8) is 0 Å². The summed E-state index contributed by atoms with van der Waals surface area (Å²) in [5, 5.41) is 2.41. The molecular formula is C9H17F3N2S. The Morgan fingerprint density at radius 1 is 1.47 bits per heavy atom. The lowest BCUT2D eigenvalue weighted by atomic mass is 10.2. The third kappa shape index (κ3) is 5.63. The molecule has 1 aliphatic heterocycles. The molecule has 15 heavy (non-hydrogen) atoms. The predicted octanol–water partition coefficient (Wildman–Crippen LogP) is 1.58. The van der Waals surface area contributed by atoms with Crippen LogP contribution >= 0.6 is 11.8 Å². The number of nitrogens with zero attached hydrogens (tertiary/aromatic N) is 1. The molecule has 2 nitrogen and oxygen atoms in total. The molecular weight excluding hydrogens is 225 g/mol. The van der Waals surface area contributed by atoms with Crippen LogP contribution in [0.2, 0.25) is 0 Å². The van der Waals surface area contributed by atoms with E-state index in [1.54, 1.807) is 0 Å². The molecule has 0 aromatic rings. The van der Waals surface area contributed by atoms with Gasteiger partial charge in [0.05, 0.1) is 6.54 Å². The topological polar surface area (TPSA) is 15.3 Å². The second kappa shape index (κ2) is 5.96. The Balaban J connectivity index is 2.04. The largest absolute Gasteiger partial charge is 0.401 e. The van der Waals surface area contributed by atoms with Crippen LogP contribution in [0.15, 0.2) is 0 Å². The Morgan fingerprint density at radius 3 is 2.73 bits per heavy atom. The van der Waals surface area contributed by atoms with Crippen molar-refractivity contribution in [3.8, 4) is 0 Å². The highest BCUT2D eigenvalue weighted by Crippen LogP contribution is 2.20. The van der Waals surface area contributed by atoms with Crippen LogP contribution in [0.25, 0.3) is 0 Å². The Labute approximate surface area is 92.6 Å².